The molecule has 9 nitrogen and oxygen atoms in total. The van der Waals surface area contributed by atoms with E-state index in [9.17, 15) is 4.79 Å². The number of aromatic nitrogens is 3. The van der Waals surface area contributed by atoms with Crippen LogP contribution in [0.25, 0.3) is 5.82 Å². The third-order valence-corrected chi connectivity index (χ3v) is 8.84. The molecule has 0 atom stereocenters. The van der Waals surface area contributed by atoms with E-state index >= 15 is 0 Å². The topological polar surface area (TPSA) is 87.6 Å². The number of anilines is 4. The van der Waals surface area contributed by atoms with Gasteiger partial charge in [-0.3, -0.25) is 4.79 Å². The molecule has 10 heteroatoms. The molecular formula is C33H38ClN7O2. The van der Waals surface area contributed by atoms with Crippen molar-refractivity contribution in [2.45, 2.75) is 39.5 Å². The lowest BCUT2D eigenvalue weighted by Gasteiger charge is -2.34. The summed E-state index contributed by atoms with van der Waals surface area (Å²) in [6.45, 7) is 8.00. The van der Waals surface area contributed by atoms with Crippen LogP contribution in [0.4, 0.5) is 23.0 Å². The fourth-order valence-corrected chi connectivity index (χ4v) is 6.31. The Morgan fingerprint density at radius 1 is 1.05 bits per heavy atom. The van der Waals surface area contributed by atoms with Crippen LogP contribution in [0.5, 0.6) is 5.75 Å². The van der Waals surface area contributed by atoms with Gasteiger partial charge in [-0.05, 0) is 56.0 Å². The van der Waals surface area contributed by atoms with Gasteiger partial charge in [0.15, 0.2) is 0 Å². The van der Waals surface area contributed by atoms with Gasteiger partial charge < -0.3 is 29.7 Å². The van der Waals surface area contributed by atoms with E-state index in [1.165, 1.54) is 0 Å². The minimum atomic E-state index is -0.0972. The van der Waals surface area contributed by atoms with Gasteiger partial charge in [0.1, 0.15) is 11.6 Å². The van der Waals surface area contributed by atoms with Crippen molar-refractivity contribution in [1.29, 1.82) is 0 Å². The fourth-order valence-electron chi connectivity index (χ4n) is 6.02. The zero-order chi connectivity index (χ0) is 30.1. The number of halogens is 1. The van der Waals surface area contributed by atoms with Crippen LogP contribution in [0, 0.1) is 0 Å². The van der Waals surface area contributed by atoms with Crippen LogP contribution in [0.3, 0.4) is 0 Å². The molecule has 6 rings (SSSR count). The second kappa shape index (κ2) is 12.3. The lowest BCUT2D eigenvalue weighted by Crippen LogP contribution is -2.44. The second-order valence-corrected chi connectivity index (χ2v) is 11.5. The molecule has 1 amide bonds. The highest BCUT2D eigenvalue weighted by Gasteiger charge is 2.25. The standard InChI is InChI=1S/C33H38ClN7O2/c1-5-21-8-7-9-22(6-2)30(21)37-32(42)24-12-13-41-27(24)11-10-23-20-35-33(38-31(23)41)36-26-18-25(34)28(19-29(26)43-4)40-16-14-39(3)15-17-40/h7-9,12-13,18-20H,5-6,10-11,14-17H2,1-4H3,(H,37,42)(H,35,36,38). The van der Waals surface area contributed by atoms with E-state index in [2.05, 4.69) is 64.5 Å². The predicted molar refractivity (Wildman–Crippen MR) is 173 cm³/mol. The third-order valence-electron chi connectivity index (χ3n) is 8.53. The van der Waals surface area contributed by atoms with E-state index in [1.807, 2.05) is 35.2 Å². The fraction of sp³-hybridized carbons (Fsp3) is 0.364. The van der Waals surface area contributed by atoms with Crippen LogP contribution in [-0.4, -0.2) is 65.7 Å². The quantitative estimate of drug-likeness (QED) is 0.261. The molecule has 2 aromatic carbocycles. The van der Waals surface area contributed by atoms with Crippen molar-refractivity contribution in [2.24, 2.45) is 0 Å². The number of carbonyl (C=O) groups is 1. The number of hydrogen-bond donors (Lipinski definition) is 2. The molecule has 0 bridgehead atoms. The van der Waals surface area contributed by atoms with Gasteiger partial charge in [0.25, 0.3) is 5.91 Å². The largest absolute Gasteiger partial charge is 0.494 e. The maximum atomic E-state index is 13.6. The molecule has 2 N–H and O–H groups in total. The smallest absolute Gasteiger partial charge is 0.257 e. The van der Waals surface area contributed by atoms with Gasteiger partial charge in [-0.15, -0.1) is 0 Å². The Balaban J connectivity index is 1.26. The van der Waals surface area contributed by atoms with Crippen molar-refractivity contribution in [3.8, 4) is 11.6 Å². The van der Waals surface area contributed by atoms with Crippen LogP contribution in [0.2, 0.25) is 5.02 Å². The predicted octanol–water partition coefficient (Wildman–Crippen LogP) is 5.90. The molecule has 2 aliphatic rings. The first-order valence-corrected chi connectivity index (χ1v) is 15.3. The number of amides is 1. The van der Waals surface area contributed by atoms with Crippen LogP contribution < -0.4 is 20.3 Å². The zero-order valence-corrected chi connectivity index (χ0v) is 26.0. The third kappa shape index (κ3) is 5.67. The Morgan fingerprint density at radius 2 is 1.79 bits per heavy atom. The number of ether oxygens (including phenoxy) is 1. The number of carbonyl (C=O) groups excluding carboxylic acids is 1. The first kappa shape index (κ1) is 29.0. The number of para-hydroxylation sites is 1. The number of nitrogens with one attached hydrogen (secondary N) is 2. The summed E-state index contributed by atoms with van der Waals surface area (Å²) in [4.78, 5) is 27.6. The Kier molecular flexibility index (Phi) is 8.27. The molecule has 1 fully saturated rings. The van der Waals surface area contributed by atoms with Crippen molar-refractivity contribution < 1.29 is 9.53 Å². The van der Waals surface area contributed by atoms with E-state index in [0.29, 0.717) is 28.0 Å². The summed E-state index contributed by atoms with van der Waals surface area (Å²) in [6, 6.07) is 11.9. The summed E-state index contributed by atoms with van der Waals surface area (Å²) in [5, 5.41) is 7.18. The van der Waals surface area contributed by atoms with Crippen LogP contribution in [0.1, 0.15) is 46.6 Å². The molecular weight excluding hydrogens is 562 g/mol. The molecule has 224 valence electrons. The number of benzene rings is 2. The van der Waals surface area contributed by atoms with Gasteiger partial charge in [0, 0.05) is 61.6 Å². The SMILES string of the molecule is CCc1cccc(CC)c1NC(=O)c1ccn2c1CCc1cnc(Nc3cc(Cl)c(N4CCN(C)CC4)cc3OC)nc1-2. The highest BCUT2D eigenvalue weighted by molar-refractivity contribution is 6.33. The number of methoxy groups -OCH3 is 1. The molecule has 0 saturated carbocycles. The van der Waals surface area contributed by atoms with Gasteiger partial charge in [-0.2, -0.15) is 4.98 Å². The molecule has 0 aliphatic carbocycles. The lowest BCUT2D eigenvalue weighted by atomic mass is 10.0. The average Bonchev–Trinajstić information content (AvgIpc) is 3.47. The maximum Gasteiger partial charge on any atom is 0.257 e. The lowest BCUT2D eigenvalue weighted by molar-refractivity contribution is 0.102. The summed E-state index contributed by atoms with van der Waals surface area (Å²) < 4.78 is 7.75. The van der Waals surface area contributed by atoms with Crippen LogP contribution in [0.15, 0.2) is 48.8 Å². The van der Waals surface area contributed by atoms with E-state index < -0.39 is 0 Å². The number of rotatable bonds is 8. The van der Waals surface area contributed by atoms with E-state index in [1.54, 1.807) is 7.11 Å². The number of aryl methyl sites for hydroxylation is 3. The molecule has 4 heterocycles. The van der Waals surface area contributed by atoms with Gasteiger partial charge >= 0.3 is 0 Å². The minimum Gasteiger partial charge on any atom is -0.494 e. The van der Waals surface area contributed by atoms with Crippen LogP contribution in [-0.2, 0) is 25.7 Å². The van der Waals surface area contributed by atoms with Crippen molar-refractivity contribution in [3.05, 3.63) is 81.8 Å². The first-order chi connectivity index (χ1) is 20.9. The molecule has 0 unspecified atom stereocenters. The molecule has 2 aliphatic heterocycles. The van der Waals surface area contributed by atoms with Crippen molar-refractivity contribution in [2.75, 3.05) is 55.9 Å². The monoisotopic (exact) mass is 599 g/mol. The summed E-state index contributed by atoms with van der Waals surface area (Å²) in [5.41, 5.74) is 7.49. The Labute approximate surface area is 257 Å². The average molecular weight is 600 g/mol. The van der Waals surface area contributed by atoms with Crippen LogP contribution >= 0.6 is 11.6 Å². The number of fused-ring (bicyclic) bond motifs is 3. The number of likely N-dealkylation sites (N-methyl/N-ethyl adjacent to an activating group) is 1. The molecule has 2 aromatic heterocycles. The number of nitrogens with zero attached hydrogens (tertiary/aromatic N) is 5. The maximum absolute atomic E-state index is 13.6. The molecule has 0 spiro atoms. The number of hydrogen-bond acceptors (Lipinski definition) is 7. The highest BCUT2D eigenvalue weighted by Crippen LogP contribution is 2.38. The van der Waals surface area contributed by atoms with Gasteiger partial charge in [0.2, 0.25) is 5.95 Å². The Bertz CT molecular complexity index is 1640. The summed E-state index contributed by atoms with van der Waals surface area (Å²) in [6.07, 6.45) is 6.96. The van der Waals surface area contributed by atoms with Crippen molar-refractivity contribution in [1.82, 2.24) is 19.4 Å². The summed E-state index contributed by atoms with van der Waals surface area (Å²) in [7, 11) is 3.78. The van der Waals surface area contributed by atoms with E-state index in [0.717, 1.165) is 91.4 Å². The molecule has 43 heavy (non-hydrogen) atoms. The number of piperazine rings is 1. The Hall–Kier alpha value is -4.08. The molecule has 1 saturated heterocycles. The molecule has 4 aromatic rings. The first-order valence-electron chi connectivity index (χ1n) is 15.0. The minimum absolute atomic E-state index is 0.0972. The normalized spacial score (nSPS) is 14.7. The summed E-state index contributed by atoms with van der Waals surface area (Å²) >= 11 is 6.77. The van der Waals surface area contributed by atoms with Crippen molar-refractivity contribution in [3.63, 3.8) is 0 Å². The highest BCUT2D eigenvalue weighted by atomic mass is 35.5. The van der Waals surface area contributed by atoms with E-state index in [4.69, 9.17) is 21.3 Å². The zero-order valence-electron chi connectivity index (χ0n) is 25.2. The van der Waals surface area contributed by atoms with Gasteiger partial charge in [-0.25, -0.2) is 4.98 Å². The van der Waals surface area contributed by atoms with Gasteiger partial charge in [0.05, 0.1) is 29.1 Å². The summed E-state index contributed by atoms with van der Waals surface area (Å²) in [5.74, 6) is 1.76. The second-order valence-electron chi connectivity index (χ2n) is 11.1. The Morgan fingerprint density at radius 3 is 2.49 bits per heavy atom. The van der Waals surface area contributed by atoms with Crippen molar-refractivity contribution >= 4 is 40.5 Å². The van der Waals surface area contributed by atoms with Gasteiger partial charge in [-0.1, -0.05) is 43.6 Å². The molecule has 0 radical (unpaired) electrons. The van der Waals surface area contributed by atoms with E-state index in [-0.39, 0.29) is 5.91 Å².